The molecular weight excluding hydrogens is 202 g/mol. The lowest BCUT2D eigenvalue weighted by Crippen LogP contribution is -1.85. The van der Waals surface area contributed by atoms with Crippen LogP contribution in [0.3, 0.4) is 0 Å². The molecule has 0 radical (unpaired) electrons. The zero-order chi connectivity index (χ0) is 11.7. The number of aromatic nitrogens is 1. The quantitative estimate of drug-likeness (QED) is 0.757. The zero-order valence-corrected chi connectivity index (χ0v) is 9.24. The summed E-state index contributed by atoms with van der Waals surface area (Å²) in [6.45, 7) is 4.09. The fourth-order valence-electron chi connectivity index (χ4n) is 1.88. The predicted molar refractivity (Wildman–Crippen MR) is 64.4 cm³/mol. The summed E-state index contributed by atoms with van der Waals surface area (Å²) in [4.78, 5) is 13.6. The number of aryl methyl sites for hydroxylation is 2. The highest BCUT2D eigenvalue weighted by Crippen LogP contribution is 2.21. The van der Waals surface area contributed by atoms with E-state index in [1.165, 1.54) is 11.1 Å². The van der Waals surface area contributed by atoms with E-state index in [0.717, 1.165) is 22.7 Å². The number of carboxylic acids is 1. The van der Waals surface area contributed by atoms with Gasteiger partial charge in [-0.3, -0.25) is 0 Å². The fourth-order valence-corrected chi connectivity index (χ4v) is 1.88. The maximum absolute atomic E-state index is 10.4. The lowest BCUT2D eigenvalue weighted by Gasteiger charge is -1.97. The summed E-state index contributed by atoms with van der Waals surface area (Å²) in [5.74, 6) is -0.938. The van der Waals surface area contributed by atoms with Gasteiger partial charge in [0.1, 0.15) is 0 Å². The summed E-state index contributed by atoms with van der Waals surface area (Å²) in [6.07, 6.45) is 2.70. The molecule has 0 spiro atoms. The van der Waals surface area contributed by atoms with Crippen molar-refractivity contribution in [2.75, 3.05) is 0 Å². The summed E-state index contributed by atoms with van der Waals surface area (Å²) in [6, 6.07) is 6.13. The van der Waals surface area contributed by atoms with Crippen molar-refractivity contribution >= 4 is 22.9 Å². The van der Waals surface area contributed by atoms with E-state index in [1.807, 2.05) is 19.9 Å². The molecule has 0 unspecified atom stereocenters. The largest absolute Gasteiger partial charge is 0.478 e. The Kier molecular flexibility index (Phi) is 2.52. The number of aliphatic carboxylic acids is 1. The normalized spacial score (nSPS) is 11.4. The lowest BCUT2D eigenvalue weighted by molar-refractivity contribution is -0.131. The van der Waals surface area contributed by atoms with Gasteiger partial charge in [-0.1, -0.05) is 11.6 Å². The smallest absolute Gasteiger partial charge is 0.328 e. The molecule has 0 amide bonds. The summed E-state index contributed by atoms with van der Waals surface area (Å²) >= 11 is 0. The van der Waals surface area contributed by atoms with Gasteiger partial charge in [-0.05, 0) is 37.6 Å². The Morgan fingerprint density at radius 3 is 2.75 bits per heavy atom. The molecule has 16 heavy (non-hydrogen) atoms. The van der Waals surface area contributed by atoms with Gasteiger partial charge in [0.05, 0.1) is 0 Å². The van der Waals surface area contributed by atoms with Crippen LogP contribution in [0.2, 0.25) is 0 Å². The minimum atomic E-state index is -0.938. The molecule has 3 nitrogen and oxygen atoms in total. The molecule has 0 saturated carbocycles. The van der Waals surface area contributed by atoms with Crippen LogP contribution < -0.4 is 0 Å². The van der Waals surface area contributed by atoms with Crippen molar-refractivity contribution in [2.24, 2.45) is 0 Å². The van der Waals surface area contributed by atoms with E-state index in [1.54, 1.807) is 6.08 Å². The van der Waals surface area contributed by atoms with E-state index < -0.39 is 5.97 Å². The molecule has 0 saturated heterocycles. The van der Waals surface area contributed by atoms with Gasteiger partial charge in [0.25, 0.3) is 0 Å². The first kappa shape index (κ1) is 10.5. The van der Waals surface area contributed by atoms with Crippen molar-refractivity contribution in [3.63, 3.8) is 0 Å². The minimum absolute atomic E-state index is 0.811. The first-order valence-corrected chi connectivity index (χ1v) is 5.07. The standard InChI is InChI=1S/C13H13NO2/c1-8-5-9(2)13-10(6-8)7-11(14-13)3-4-12(15)16/h3-7,14H,1-2H3,(H,15,16)/b4-3+. The number of benzene rings is 1. The Labute approximate surface area is 93.4 Å². The number of fused-ring (bicyclic) bond motifs is 1. The Morgan fingerprint density at radius 1 is 1.31 bits per heavy atom. The number of nitrogens with one attached hydrogen (secondary N) is 1. The van der Waals surface area contributed by atoms with Gasteiger partial charge in [0.2, 0.25) is 0 Å². The topological polar surface area (TPSA) is 53.1 Å². The van der Waals surface area contributed by atoms with Crippen molar-refractivity contribution in [3.05, 3.63) is 41.1 Å². The van der Waals surface area contributed by atoms with Crippen molar-refractivity contribution in [3.8, 4) is 0 Å². The maximum Gasteiger partial charge on any atom is 0.328 e. The van der Waals surface area contributed by atoms with Gasteiger partial charge in [-0.15, -0.1) is 0 Å². The molecule has 0 aliphatic carbocycles. The molecule has 0 bridgehead atoms. The average Bonchev–Trinajstić information content (AvgIpc) is 2.57. The molecule has 0 atom stereocenters. The molecule has 82 valence electrons. The van der Waals surface area contributed by atoms with E-state index in [4.69, 9.17) is 5.11 Å². The van der Waals surface area contributed by atoms with E-state index in [-0.39, 0.29) is 0 Å². The van der Waals surface area contributed by atoms with Crippen LogP contribution in [0.1, 0.15) is 16.8 Å². The van der Waals surface area contributed by atoms with Gasteiger partial charge in [-0.25, -0.2) is 4.79 Å². The molecule has 1 aromatic carbocycles. The highest BCUT2D eigenvalue weighted by Gasteiger charge is 2.02. The lowest BCUT2D eigenvalue weighted by atomic mass is 10.1. The van der Waals surface area contributed by atoms with Crippen LogP contribution >= 0.6 is 0 Å². The van der Waals surface area contributed by atoms with Crippen LogP contribution in [0.25, 0.3) is 17.0 Å². The van der Waals surface area contributed by atoms with Crippen LogP contribution in [0, 0.1) is 13.8 Å². The molecule has 1 aromatic heterocycles. The number of carboxylic acid groups (broad SMARTS) is 1. The fraction of sp³-hybridized carbons (Fsp3) is 0.154. The van der Waals surface area contributed by atoms with Gasteiger partial charge in [-0.2, -0.15) is 0 Å². The second-order valence-electron chi connectivity index (χ2n) is 3.94. The maximum atomic E-state index is 10.4. The highest BCUT2D eigenvalue weighted by atomic mass is 16.4. The molecule has 2 rings (SSSR count). The minimum Gasteiger partial charge on any atom is -0.478 e. The van der Waals surface area contributed by atoms with E-state index >= 15 is 0 Å². The highest BCUT2D eigenvalue weighted by molar-refractivity contribution is 5.89. The Hall–Kier alpha value is -2.03. The zero-order valence-electron chi connectivity index (χ0n) is 9.24. The number of hydrogen-bond acceptors (Lipinski definition) is 1. The van der Waals surface area contributed by atoms with E-state index in [0.29, 0.717) is 0 Å². The third-order valence-electron chi connectivity index (χ3n) is 2.50. The van der Waals surface area contributed by atoms with Crippen LogP contribution in [-0.2, 0) is 4.79 Å². The summed E-state index contributed by atoms with van der Waals surface area (Å²) in [5.41, 5.74) is 4.25. The number of H-pyrrole nitrogens is 1. The Bertz CT molecular complexity index is 579. The summed E-state index contributed by atoms with van der Waals surface area (Å²) in [5, 5.41) is 9.66. The molecule has 3 heteroatoms. The summed E-state index contributed by atoms with van der Waals surface area (Å²) < 4.78 is 0. The van der Waals surface area contributed by atoms with Crippen LogP contribution in [0.15, 0.2) is 24.3 Å². The monoisotopic (exact) mass is 215 g/mol. The van der Waals surface area contributed by atoms with Gasteiger partial charge < -0.3 is 10.1 Å². The van der Waals surface area contributed by atoms with Crippen molar-refractivity contribution < 1.29 is 9.90 Å². The third kappa shape index (κ3) is 1.98. The molecular formula is C13H13NO2. The van der Waals surface area contributed by atoms with E-state index in [2.05, 4.69) is 17.1 Å². The van der Waals surface area contributed by atoms with Crippen LogP contribution in [0.4, 0.5) is 0 Å². The number of hydrogen-bond donors (Lipinski definition) is 2. The molecule has 2 N–H and O–H groups in total. The number of carbonyl (C=O) groups is 1. The van der Waals surface area contributed by atoms with Gasteiger partial charge in [0.15, 0.2) is 0 Å². The second-order valence-corrected chi connectivity index (χ2v) is 3.94. The van der Waals surface area contributed by atoms with Crippen molar-refractivity contribution in [1.82, 2.24) is 4.98 Å². The first-order chi connectivity index (χ1) is 7.56. The number of rotatable bonds is 2. The Balaban J connectivity index is 2.52. The average molecular weight is 215 g/mol. The number of aromatic amines is 1. The third-order valence-corrected chi connectivity index (χ3v) is 2.50. The second kappa shape index (κ2) is 3.85. The van der Waals surface area contributed by atoms with E-state index in [9.17, 15) is 4.79 Å². The summed E-state index contributed by atoms with van der Waals surface area (Å²) in [7, 11) is 0. The van der Waals surface area contributed by atoms with Gasteiger partial charge >= 0.3 is 5.97 Å². The predicted octanol–water partition coefficient (Wildman–Crippen LogP) is 2.88. The molecule has 0 fully saturated rings. The molecule has 0 aliphatic rings. The van der Waals surface area contributed by atoms with Crippen LogP contribution in [0.5, 0.6) is 0 Å². The van der Waals surface area contributed by atoms with Crippen LogP contribution in [-0.4, -0.2) is 16.1 Å². The SMILES string of the molecule is Cc1cc(C)c2[nH]c(/C=C/C(=O)O)cc2c1. The Morgan fingerprint density at radius 2 is 2.06 bits per heavy atom. The van der Waals surface area contributed by atoms with Gasteiger partial charge in [0, 0.05) is 22.7 Å². The molecule has 1 heterocycles. The van der Waals surface area contributed by atoms with Crippen molar-refractivity contribution in [2.45, 2.75) is 13.8 Å². The van der Waals surface area contributed by atoms with Crippen molar-refractivity contribution in [1.29, 1.82) is 0 Å². The molecule has 2 aromatic rings. The first-order valence-electron chi connectivity index (χ1n) is 5.07. The molecule has 0 aliphatic heterocycles.